The minimum Gasteiger partial charge on any atom is -0.477 e. The van der Waals surface area contributed by atoms with Gasteiger partial charge in [0.2, 0.25) is 21.8 Å². The first kappa shape index (κ1) is 35.7. The van der Waals surface area contributed by atoms with E-state index in [4.69, 9.17) is 40.2 Å². The van der Waals surface area contributed by atoms with E-state index in [0.29, 0.717) is 32.3 Å². The highest BCUT2D eigenvalue weighted by atomic mass is 35.5. The number of thiocarbonyl (C=S) groups is 1. The molecule has 0 aromatic heterocycles. The minimum absolute atomic E-state index is 0.0667. The van der Waals surface area contributed by atoms with E-state index < -0.39 is 56.5 Å². The van der Waals surface area contributed by atoms with E-state index >= 15 is 4.79 Å². The lowest BCUT2D eigenvalue weighted by molar-refractivity contribution is -0.136. The standard InChI is InChI=1S/C34H34Cl2FN3O6S2/c1-6-33(7-2,31(42)39-48(5,44)45)46-28-13-10-20(35)14-24(28)26-17-29(47)38-30(23-16-22(37)11-8-18(23)3)34(26)25-12-9-21(36)15-27(25)40(19(4)41)32(34)43/h8-16,26,30H,6-7,17H2,1-5H3,(H,38,47)(H,39,42)/t26-,30+,34-/m1/s1. The third kappa shape index (κ3) is 6.08. The van der Waals surface area contributed by atoms with Gasteiger partial charge in [-0.05, 0) is 78.9 Å². The summed E-state index contributed by atoms with van der Waals surface area (Å²) in [5, 5.41) is 3.86. The Hall–Kier alpha value is -3.58. The summed E-state index contributed by atoms with van der Waals surface area (Å²) in [5.41, 5.74) is -1.09. The van der Waals surface area contributed by atoms with Gasteiger partial charge in [-0.2, -0.15) is 0 Å². The molecule has 254 valence electrons. The number of hydrogen-bond donors (Lipinski definition) is 2. The number of rotatable bonds is 8. The normalized spacial score (nSPS) is 20.8. The first-order chi connectivity index (χ1) is 22.5. The zero-order chi connectivity index (χ0) is 35.3. The molecule has 3 aromatic carbocycles. The second-order valence-corrected chi connectivity index (χ2v) is 15.3. The van der Waals surface area contributed by atoms with Crippen molar-refractivity contribution in [3.8, 4) is 5.75 Å². The highest BCUT2D eigenvalue weighted by Crippen LogP contribution is 2.61. The molecule has 2 heterocycles. The molecule has 3 aromatic rings. The van der Waals surface area contributed by atoms with Crippen molar-refractivity contribution in [1.82, 2.24) is 10.0 Å². The smallest absolute Gasteiger partial charge is 0.277 e. The van der Waals surface area contributed by atoms with Crippen molar-refractivity contribution in [2.24, 2.45) is 0 Å². The van der Waals surface area contributed by atoms with Crippen LogP contribution in [0.15, 0.2) is 54.6 Å². The average molecular weight is 735 g/mol. The molecule has 1 fully saturated rings. The summed E-state index contributed by atoms with van der Waals surface area (Å²) >= 11 is 18.8. The summed E-state index contributed by atoms with van der Waals surface area (Å²) in [6.07, 6.45) is 1.12. The number of carbonyl (C=O) groups is 3. The SMILES string of the molecule is CCC(CC)(Oc1ccc(Cl)cc1[C@H]1CC(=S)N[C@@H](c2cc(F)ccc2C)[C@]12C(=O)N(C(C)=O)c1cc(Cl)ccc12)C(=O)NS(C)(=O)=O. The maximum absolute atomic E-state index is 15.1. The number of amides is 3. The molecule has 0 saturated carbocycles. The number of carbonyl (C=O) groups excluding carboxylic acids is 3. The summed E-state index contributed by atoms with van der Waals surface area (Å²) in [5.74, 6) is -3.30. The lowest BCUT2D eigenvalue weighted by Gasteiger charge is -2.48. The predicted octanol–water partition coefficient (Wildman–Crippen LogP) is 6.43. The van der Waals surface area contributed by atoms with Crippen LogP contribution < -0.4 is 19.7 Å². The number of sulfonamides is 1. The molecule has 1 spiro atoms. The zero-order valence-electron chi connectivity index (χ0n) is 26.8. The third-order valence-corrected chi connectivity index (χ3v) is 10.6. The maximum atomic E-state index is 15.1. The molecule has 9 nitrogen and oxygen atoms in total. The first-order valence-corrected chi connectivity index (χ1v) is 18.3. The largest absolute Gasteiger partial charge is 0.477 e. The van der Waals surface area contributed by atoms with Gasteiger partial charge in [-0.3, -0.25) is 14.4 Å². The Balaban J connectivity index is 1.84. The molecule has 3 amide bonds. The third-order valence-electron chi connectivity index (χ3n) is 9.26. The van der Waals surface area contributed by atoms with Gasteiger partial charge in [0.25, 0.3) is 5.91 Å². The van der Waals surface area contributed by atoms with Gasteiger partial charge in [-0.1, -0.05) is 61.4 Å². The van der Waals surface area contributed by atoms with Crippen molar-refractivity contribution in [2.75, 3.05) is 11.2 Å². The quantitative estimate of drug-likeness (QED) is 0.254. The van der Waals surface area contributed by atoms with Gasteiger partial charge in [0, 0.05) is 34.9 Å². The van der Waals surface area contributed by atoms with Crippen LogP contribution in [0.25, 0.3) is 0 Å². The predicted molar refractivity (Wildman–Crippen MR) is 187 cm³/mol. The fourth-order valence-corrected chi connectivity index (χ4v) is 8.13. The Bertz CT molecular complexity index is 1970. The van der Waals surface area contributed by atoms with E-state index in [1.54, 1.807) is 57.2 Å². The molecule has 3 atom stereocenters. The highest BCUT2D eigenvalue weighted by Gasteiger charge is 2.64. The molecule has 0 radical (unpaired) electrons. The number of anilines is 1. The lowest BCUT2D eigenvalue weighted by Crippen LogP contribution is -2.58. The molecule has 2 aliphatic heterocycles. The first-order valence-electron chi connectivity index (χ1n) is 15.2. The molecule has 0 unspecified atom stereocenters. The number of imide groups is 1. The molecule has 2 N–H and O–H groups in total. The van der Waals surface area contributed by atoms with Gasteiger partial charge < -0.3 is 10.1 Å². The molecule has 2 aliphatic rings. The Morgan fingerprint density at radius 1 is 1.08 bits per heavy atom. The van der Waals surface area contributed by atoms with Crippen LogP contribution in [0.4, 0.5) is 10.1 Å². The van der Waals surface area contributed by atoms with Gasteiger partial charge in [0.1, 0.15) is 17.0 Å². The van der Waals surface area contributed by atoms with E-state index in [0.717, 1.165) is 11.2 Å². The van der Waals surface area contributed by atoms with Crippen LogP contribution in [-0.2, 0) is 29.8 Å². The Labute approximate surface area is 294 Å². The molecular formula is C34H34Cl2FN3O6S2. The molecule has 0 aliphatic carbocycles. The van der Waals surface area contributed by atoms with E-state index in [-0.39, 0.29) is 35.7 Å². The van der Waals surface area contributed by atoms with Gasteiger partial charge in [0.15, 0.2) is 5.60 Å². The van der Waals surface area contributed by atoms with Crippen LogP contribution >= 0.6 is 35.4 Å². The Morgan fingerprint density at radius 3 is 2.35 bits per heavy atom. The van der Waals surface area contributed by atoms with Crippen molar-refractivity contribution >= 4 is 73.8 Å². The van der Waals surface area contributed by atoms with Crippen LogP contribution in [-0.4, -0.2) is 43.0 Å². The Kier molecular flexibility index (Phi) is 9.70. The highest BCUT2D eigenvalue weighted by molar-refractivity contribution is 7.89. The van der Waals surface area contributed by atoms with Crippen molar-refractivity contribution in [2.45, 2.75) is 69.9 Å². The number of aryl methyl sites for hydroxylation is 1. The number of fused-ring (bicyclic) bond motifs is 2. The number of ether oxygens (including phenoxy) is 1. The topological polar surface area (TPSA) is 122 Å². The van der Waals surface area contributed by atoms with Gasteiger partial charge in [-0.15, -0.1) is 0 Å². The second-order valence-electron chi connectivity index (χ2n) is 12.1. The lowest BCUT2D eigenvalue weighted by atomic mass is 9.59. The average Bonchev–Trinajstić information content (AvgIpc) is 3.25. The summed E-state index contributed by atoms with van der Waals surface area (Å²) in [7, 11) is -3.94. The Morgan fingerprint density at radius 2 is 1.73 bits per heavy atom. The second kappa shape index (κ2) is 13.0. The van der Waals surface area contributed by atoms with E-state index in [1.165, 1.54) is 25.1 Å². The maximum Gasteiger partial charge on any atom is 0.277 e. The summed E-state index contributed by atoms with van der Waals surface area (Å²) < 4.78 is 47.7. The fraction of sp³-hybridized carbons (Fsp3) is 0.353. The van der Waals surface area contributed by atoms with Crippen LogP contribution in [0.1, 0.15) is 74.2 Å². The van der Waals surface area contributed by atoms with Crippen molar-refractivity contribution in [3.63, 3.8) is 0 Å². The van der Waals surface area contributed by atoms with Crippen LogP contribution in [0.5, 0.6) is 5.75 Å². The summed E-state index contributed by atoms with van der Waals surface area (Å²) in [6.45, 7) is 6.43. The number of nitrogens with zero attached hydrogens (tertiary/aromatic N) is 1. The monoisotopic (exact) mass is 733 g/mol. The number of halogens is 3. The van der Waals surface area contributed by atoms with Gasteiger partial charge in [0.05, 0.1) is 23.0 Å². The molecule has 14 heteroatoms. The van der Waals surface area contributed by atoms with Crippen molar-refractivity contribution < 1.29 is 31.9 Å². The molecule has 48 heavy (non-hydrogen) atoms. The summed E-state index contributed by atoms with van der Waals surface area (Å²) in [4.78, 5) is 43.2. The van der Waals surface area contributed by atoms with Gasteiger partial charge in [-0.25, -0.2) is 22.4 Å². The number of piperidine rings is 1. The van der Waals surface area contributed by atoms with Crippen LogP contribution in [0, 0.1) is 12.7 Å². The summed E-state index contributed by atoms with van der Waals surface area (Å²) in [6, 6.07) is 12.8. The van der Waals surface area contributed by atoms with Crippen molar-refractivity contribution in [1.29, 1.82) is 0 Å². The number of hydrogen-bond acceptors (Lipinski definition) is 7. The number of nitrogens with one attached hydrogen (secondary N) is 2. The van der Waals surface area contributed by atoms with Gasteiger partial charge >= 0.3 is 0 Å². The minimum atomic E-state index is -3.94. The van der Waals surface area contributed by atoms with Crippen LogP contribution in [0.3, 0.4) is 0 Å². The fourth-order valence-electron chi connectivity index (χ4n) is 6.98. The molecule has 0 bridgehead atoms. The molecular weight excluding hydrogens is 700 g/mol. The van der Waals surface area contributed by atoms with Crippen LogP contribution in [0.2, 0.25) is 10.0 Å². The molecule has 5 rings (SSSR count). The van der Waals surface area contributed by atoms with Crippen molar-refractivity contribution in [3.05, 3.63) is 92.7 Å². The van der Waals surface area contributed by atoms with E-state index in [1.807, 2.05) is 4.72 Å². The number of benzene rings is 3. The zero-order valence-corrected chi connectivity index (χ0v) is 30.0. The van der Waals surface area contributed by atoms with E-state index in [9.17, 15) is 22.4 Å². The van der Waals surface area contributed by atoms with E-state index in [2.05, 4.69) is 5.32 Å². The molecule has 1 saturated heterocycles.